The molecule has 0 bridgehead atoms. The van der Waals surface area contributed by atoms with Gasteiger partial charge in [-0.3, -0.25) is 4.79 Å². The lowest BCUT2D eigenvalue weighted by Crippen LogP contribution is -2.42. The number of piperidine rings is 1. The third-order valence-corrected chi connectivity index (χ3v) is 5.33. The molecular weight excluding hydrogens is 392 g/mol. The summed E-state index contributed by atoms with van der Waals surface area (Å²) in [6.07, 6.45) is 3.18. The van der Waals surface area contributed by atoms with Crippen LogP contribution < -0.4 is 0 Å². The summed E-state index contributed by atoms with van der Waals surface area (Å²) in [6.45, 7) is 7.22. The number of carbonyl (C=O) groups excluding carboxylic acids is 2. The molecule has 1 fully saturated rings. The highest BCUT2D eigenvalue weighted by molar-refractivity contribution is 5.92. The number of rotatable bonds is 4. The van der Waals surface area contributed by atoms with Crippen molar-refractivity contribution < 1.29 is 14.3 Å². The summed E-state index contributed by atoms with van der Waals surface area (Å²) in [6, 6.07) is 13.3. The molecule has 2 heterocycles. The molecule has 7 heteroatoms. The number of ether oxygens (including phenoxy) is 1. The Morgan fingerprint density at radius 3 is 2.55 bits per heavy atom. The molecule has 1 aliphatic heterocycles. The maximum atomic E-state index is 13.1. The Kier molecular flexibility index (Phi) is 6.69. The van der Waals surface area contributed by atoms with E-state index in [4.69, 9.17) is 10.00 Å². The van der Waals surface area contributed by atoms with E-state index < -0.39 is 5.60 Å². The number of nitrogens with zero attached hydrogens (tertiary/aromatic N) is 4. The average Bonchev–Trinajstić information content (AvgIpc) is 3.22. The SMILES string of the molecule is CN(Cc1cccc(C#N)c1)C(=O)c1cccn1C1CCN(C(=O)OC(C)(C)C)CC1. The molecule has 2 amide bonds. The lowest BCUT2D eigenvalue weighted by Gasteiger charge is -2.34. The molecule has 0 aliphatic carbocycles. The van der Waals surface area contributed by atoms with E-state index in [0.29, 0.717) is 30.9 Å². The number of benzene rings is 1. The van der Waals surface area contributed by atoms with Crippen molar-refractivity contribution in [2.45, 2.75) is 51.8 Å². The molecule has 1 aromatic heterocycles. The van der Waals surface area contributed by atoms with E-state index >= 15 is 0 Å². The molecule has 7 nitrogen and oxygen atoms in total. The first kappa shape index (κ1) is 22.4. The highest BCUT2D eigenvalue weighted by Gasteiger charge is 2.29. The predicted molar refractivity (Wildman–Crippen MR) is 117 cm³/mol. The minimum atomic E-state index is -0.509. The molecule has 0 radical (unpaired) electrons. The first-order valence-corrected chi connectivity index (χ1v) is 10.6. The number of nitriles is 1. The molecule has 164 valence electrons. The average molecular weight is 423 g/mol. The number of carbonyl (C=O) groups is 2. The number of hydrogen-bond acceptors (Lipinski definition) is 4. The van der Waals surface area contributed by atoms with Gasteiger partial charge in [0.2, 0.25) is 0 Å². The fourth-order valence-electron chi connectivity index (χ4n) is 3.83. The van der Waals surface area contributed by atoms with Gasteiger partial charge in [0.1, 0.15) is 11.3 Å². The molecule has 2 aromatic rings. The van der Waals surface area contributed by atoms with Crippen molar-refractivity contribution in [3.63, 3.8) is 0 Å². The molecule has 0 N–H and O–H groups in total. The third-order valence-electron chi connectivity index (χ3n) is 5.33. The van der Waals surface area contributed by atoms with Crippen molar-refractivity contribution in [3.8, 4) is 6.07 Å². The number of hydrogen-bond donors (Lipinski definition) is 0. The van der Waals surface area contributed by atoms with Crippen molar-refractivity contribution in [1.29, 1.82) is 5.26 Å². The maximum absolute atomic E-state index is 13.1. The number of likely N-dealkylation sites (tertiary alicyclic amines) is 1. The highest BCUT2D eigenvalue weighted by Crippen LogP contribution is 2.26. The van der Waals surface area contributed by atoms with Crippen LogP contribution >= 0.6 is 0 Å². The zero-order chi connectivity index (χ0) is 22.6. The van der Waals surface area contributed by atoms with Crippen molar-refractivity contribution in [3.05, 3.63) is 59.4 Å². The van der Waals surface area contributed by atoms with E-state index in [2.05, 4.69) is 6.07 Å². The topological polar surface area (TPSA) is 78.6 Å². The van der Waals surface area contributed by atoms with Gasteiger partial charge in [0.05, 0.1) is 11.6 Å². The molecule has 1 aromatic carbocycles. The van der Waals surface area contributed by atoms with Gasteiger partial charge in [-0.15, -0.1) is 0 Å². The first-order chi connectivity index (χ1) is 14.7. The second kappa shape index (κ2) is 9.25. The molecular formula is C24H30N4O3. The fraction of sp³-hybridized carbons (Fsp3) is 0.458. The zero-order valence-corrected chi connectivity index (χ0v) is 18.7. The van der Waals surface area contributed by atoms with Gasteiger partial charge >= 0.3 is 6.09 Å². The molecule has 1 aliphatic rings. The Morgan fingerprint density at radius 1 is 1.19 bits per heavy atom. The lowest BCUT2D eigenvalue weighted by atomic mass is 10.0. The Balaban J connectivity index is 1.63. The van der Waals surface area contributed by atoms with Crippen LogP contribution in [0.3, 0.4) is 0 Å². The second-order valence-corrected chi connectivity index (χ2v) is 8.97. The Bertz CT molecular complexity index is 975. The Morgan fingerprint density at radius 2 is 1.90 bits per heavy atom. The molecule has 3 rings (SSSR count). The number of amides is 2. The van der Waals surface area contributed by atoms with Crippen LogP contribution in [0.4, 0.5) is 4.79 Å². The van der Waals surface area contributed by atoms with Gasteiger partial charge in [-0.1, -0.05) is 12.1 Å². The highest BCUT2D eigenvalue weighted by atomic mass is 16.6. The third kappa shape index (κ3) is 5.66. The van der Waals surface area contributed by atoms with E-state index in [1.165, 1.54) is 0 Å². The Hall–Kier alpha value is -3.27. The summed E-state index contributed by atoms with van der Waals surface area (Å²) in [7, 11) is 1.77. The van der Waals surface area contributed by atoms with Gasteiger partial charge in [0.25, 0.3) is 5.91 Å². The van der Waals surface area contributed by atoms with E-state index in [0.717, 1.165) is 18.4 Å². The summed E-state index contributed by atoms with van der Waals surface area (Å²) in [5, 5.41) is 9.08. The summed E-state index contributed by atoms with van der Waals surface area (Å²) < 4.78 is 7.49. The predicted octanol–water partition coefficient (Wildman–Crippen LogP) is 4.20. The molecule has 31 heavy (non-hydrogen) atoms. The molecule has 0 saturated carbocycles. The van der Waals surface area contributed by atoms with Crippen LogP contribution in [0.2, 0.25) is 0 Å². The van der Waals surface area contributed by atoms with E-state index in [1.54, 1.807) is 29.0 Å². The van der Waals surface area contributed by atoms with Gasteiger partial charge in [0.15, 0.2) is 0 Å². The summed E-state index contributed by atoms with van der Waals surface area (Å²) in [5.41, 5.74) is 1.62. The van der Waals surface area contributed by atoms with Crippen LogP contribution in [0.25, 0.3) is 0 Å². The van der Waals surface area contributed by atoms with Gasteiger partial charge < -0.3 is 19.1 Å². The van der Waals surface area contributed by atoms with Crippen LogP contribution in [0, 0.1) is 11.3 Å². The van der Waals surface area contributed by atoms with Crippen LogP contribution in [0.5, 0.6) is 0 Å². The van der Waals surface area contributed by atoms with Gasteiger partial charge in [-0.2, -0.15) is 5.26 Å². The molecule has 0 unspecified atom stereocenters. The van der Waals surface area contributed by atoms with Crippen molar-refractivity contribution in [1.82, 2.24) is 14.4 Å². The minimum Gasteiger partial charge on any atom is -0.444 e. The monoisotopic (exact) mass is 422 g/mol. The summed E-state index contributed by atoms with van der Waals surface area (Å²) in [4.78, 5) is 28.8. The normalized spacial score (nSPS) is 14.7. The standard InChI is InChI=1S/C24H30N4O3/c1-24(2,3)31-23(30)27-13-10-20(11-14-27)28-12-6-9-21(28)22(29)26(4)17-19-8-5-7-18(15-19)16-25/h5-9,12,15,20H,10-11,13-14,17H2,1-4H3. The van der Waals surface area contributed by atoms with E-state index in [1.807, 2.05) is 55.8 Å². The summed E-state index contributed by atoms with van der Waals surface area (Å²) >= 11 is 0. The first-order valence-electron chi connectivity index (χ1n) is 10.6. The van der Waals surface area contributed by atoms with Crippen molar-refractivity contribution >= 4 is 12.0 Å². The largest absolute Gasteiger partial charge is 0.444 e. The number of aromatic nitrogens is 1. The fourth-order valence-corrected chi connectivity index (χ4v) is 3.83. The minimum absolute atomic E-state index is 0.0677. The van der Waals surface area contributed by atoms with Crippen LogP contribution in [-0.4, -0.2) is 52.1 Å². The maximum Gasteiger partial charge on any atom is 0.410 e. The lowest BCUT2D eigenvalue weighted by molar-refractivity contribution is 0.0186. The van der Waals surface area contributed by atoms with E-state index in [9.17, 15) is 9.59 Å². The van der Waals surface area contributed by atoms with Gasteiger partial charge in [-0.25, -0.2) is 4.79 Å². The van der Waals surface area contributed by atoms with Crippen LogP contribution in [0.1, 0.15) is 61.3 Å². The molecule has 0 atom stereocenters. The van der Waals surface area contributed by atoms with Gasteiger partial charge in [-0.05, 0) is 63.4 Å². The zero-order valence-electron chi connectivity index (χ0n) is 18.7. The van der Waals surface area contributed by atoms with Crippen molar-refractivity contribution in [2.75, 3.05) is 20.1 Å². The second-order valence-electron chi connectivity index (χ2n) is 8.97. The van der Waals surface area contributed by atoms with Crippen LogP contribution in [-0.2, 0) is 11.3 Å². The smallest absolute Gasteiger partial charge is 0.410 e. The Labute approximate surface area is 183 Å². The molecule has 1 saturated heterocycles. The van der Waals surface area contributed by atoms with Crippen molar-refractivity contribution in [2.24, 2.45) is 0 Å². The van der Waals surface area contributed by atoms with Crippen LogP contribution in [0.15, 0.2) is 42.6 Å². The quantitative estimate of drug-likeness (QED) is 0.740. The summed E-state index contributed by atoms with van der Waals surface area (Å²) in [5.74, 6) is -0.0677. The van der Waals surface area contributed by atoms with E-state index in [-0.39, 0.29) is 18.0 Å². The van der Waals surface area contributed by atoms with Gasteiger partial charge in [0, 0.05) is 38.9 Å². The molecule has 0 spiro atoms.